The number of hydrogen-bond donors (Lipinski definition) is 3. The molecule has 0 aliphatic rings. The number of aromatic nitrogens is 2. The van der Waals surface area contributed by atoms with Gasteiger partial charge in [0.2, 0.25) is 11.9 Å². The summed E-state index contributed by atoms with van der Waals surface area (Å²) in [7, 11) is 1.58. The van der Waals surface area contributed by atoms with Gasteiger partial charge in [-0.1, -0.05) is 11.6 Å². The zero-order chi connectivity index (χ0) is 13.4. The number of halogens is 1. The molecule has 0 bridgehead atoms. The van der Waals surface area contributed by atoms with Crippen LogP contribution < -0.4 is 16.4 Å². The van der Waals surface area contributed by atoms with Crippen LogP contribution in [0.4, 0.5) is 11.8 Å². The first kappa shape index (κ1) is 14.5. The molecule has 1 heterocycles. The molecular weight excluding hydrogens is 258 g/mol. The van der Waals surface area contributed by atoms with E-state index in [1.807, 2.05) is 0 Å². The second-order valence-corrected chi connectivity index (χ2v) is 3.85. The first-order chi connectivity index (χ1) is 8.63. The topological polar surface area (TPSA) is 102 Å². The third-order valence-electron chi connectivity index (χ3n) is 2.04. The van der Waals surface area contributed by atoms with Crippen molar-refractivity contribution in [2.45, 2.75) is 6.42 Å². The molecule has 0 fully saturated rings. The minimum Gasteiger partial charge on any atom is -0.383 e. The van der Waals surface area contributed by atoms with Crippen molar-refractivity contribution in [3.63, 3.8) is 0 Å². The molecular formula is C10H16ClN5O2. The molecule has 0 unspecified atom stereocenters. The van der Waals surface area contributed by atoms with E-state index in [0.29, 0.717) is 37.0 Å². The number of carbonyl (C=O) groups excluding carboxylic acids is 1. The van der Waals surface area contributed by atoms with E-state index in [1.165, 1.54) is 6.20 Å². The average molecular weight is 274 g/mol. The van der Waals surface area contributed by atoms with Crippen LogP contribution in [0.25, 0.3) is 0 Å². The van der Waals surface area contributed by atoms with Crippen LogP contribution in [0.15, 0.2) is 6.20 Å². The average Bonchev–Trinajstić information content (AvgIpc) is 2.34. The Balaban J connectivity index is 2.28. The molecule has 0 saturated carbocycles. The molecule has 0 aromatic carbocycles. The summed E-state index contributed by atoms with van der Waals surface area (Å²) in [6.45, 7) is 1.40. The third kappa shape index (κ3) is 5.15. The zero-order valence-electron chi connectivity index (χ0n) is 10.1. The van der Waals surface area contributed by atoms with Crippen molar-refractivity contribution in [3.8, 4) is 0 Å². The van der Waals surface area contributed by atoms with Crippen molar-refractivity contribution in [2.24, 2.45) is 0 Å². The highest BCUT2D eigenvalue weighted by Gasteiger charge is 2.04. The lowest BCUT2D eigenvalue weighted by Crippen LogP contribution is -2.28. The van der Waals surface area contributed by atoms with E-state index >= 15 is 0 Å². The Morgan fingerprint density at radius 3 is 3.06 bits per heavy atom. The highest BCUT2D eigenvalue weighted by Crippen LogP contribution is 2.17. The molecule has 1 aromatic rings. The number of hydrogen-bond acceptors (Lipinski definition) is 6. The van der Waals surface area contributed by atoms with Gasteiger partial charge >= 0.3 is 0 Å². The summed E-state index contributed by atoms with van der Waals surface area (Å²) in [5.41, 5.74) is 5.43. The largest absolute Gasteiger partial charge is 0.383 e. The minimum atomic E-state index is -0.0716. The van der Waals surface area contributed by atoms with E-state index in [4.69, 9.17) is 22.1 Å². The molecule has 8 heteroatoms. The Bertz CT molecular complexity index is 402. The molecule has 100 valence electrons. The number of ether oxygens (including phenoxy) is 1. The highest BCUT2D eigenvalue weighted by atomic mass is 35.5. The van der Waals surface area contributed by atoms with E-state index in [1.54, 1.807) is 7.11 Å². The zero-order valence-corrected chi connectivity index (χ0v) is 10.8. The van der Waals surface area contributed by atoms with Gasteiger partial charge in [-0.3, -0.25) is 4.79 Å². The van der Waals surface area contributed by atoms with Crippen LogP contribution in [-0.2, 0) is 9.53 Å². The summed E-state index contributed by atoms with van der Waals surface area (Å²) in [6, 6.07) is 0. The summed E-state index contributed by atoms with van der Waals surface area (Å²) < 4.78 is 4.82. The molecule has 0 radical (unpaired) electrons. The Hall–Kier alpha value is -1.60. The Morgan fingerprint density at radius 1 is 1.56 bits per heavy atom. The predicted molar refractivity (Wildman–Crippen MR) is 69.4 cm³/mol. The monoisotopic (exact) mass is 273 g/mol. The van der Waals surface area contributed by atoms with Crippen LogP contribution in [0.5, 0.6) is 0 Å². The van der Waals surface area contributed by atoms with Crippen LogP contribution in [0.1, 0.15) is 6.42 Å². The number of carbonyl (C=O) groups is 1. The van der Waals surface area contributed by atoms with Crippen LogP contribution in [0, 0.1) is 0 Å². The van der Waals surface area contributed by atoms with Gasteiger partial charge in [-0.25, -0.2) is 4.98 Å². The quantitative estimate of drug-likeness (QED) is 0.617. The second kappa shape index (κ2) is 7.67. The van der Waals surface area contributed by atoms with Crippen molar-refractivity contribution in [1.82, 2.24) is 15.3 Å². The van der Waals surface area contributed by atoms with Crippen LogP contribution >= 0.6 is 11.6 Å². The molecule has 1 aromatic heterocycles. The lowest BCUT2D eigenvalue weighted by atomic mass is 10.4. The van der Waals surface area contributed by atoms with E-state index in [0.717, 1.165) is 0 Å². The number of anilines is 2. The van der Waals surface area contributed by atoms with Crippen LogP contribution in [0.2, 0.25) is 5.02 Å². The third-order valence-corrected chi connectivity index (χ3v) is 2.31. The normalized spacial score (nSPS) is 10.1. The molecule has 7 nitrogen and oxygen atoms in total. The molecule has 0 saturated heterocycles. The maximum Gasteiger partial charge on any atom is 0.222 e. The van der Waals surface area contributed by atoms with E-state index in [2.05, 4.69) is 20.6 Å². The maximum atomic E-state index is 11.4. The summed E-state index contributed by atoms with van der Waals surface area (Å²) in [4.78, 5) is 19.0. The number of nitrogen functional groups attached to an aromatic ring is 1. The number of rotatable bonds is 7. The predicted octanol–water partition coefficient (Wildman–Crippen LogP) is 0.277. The van der Waals surface area contributed by atoms with Crippen LogP contribution in [-0.4, -0.2) is 42.7 Å². The van der Waals surface area contributed by atoms with E-state index < -0.39 is 0 Å². The van der Waals surface area contributed by atoms with Crippen molar-refractivity contribution in [1.29, 1.82) is 0 Å². The van der Waals surface area contributed by atoms with Gasteiger partial charge in [-0.2, -0.15) is 4.98 Å². The number of nitrogens with two attached hydrogens (primary N) is 1. The van der Waals surface area contributed by atoms with Crippen molar-refractivity contribution in [2.75, 3.05) is 37.9 Å². The number of nitrogens with zero attached hydrogens (tertiary/aromatic N) is 2. The van der Waals surface area contributed by atoms with E-state index in [9.17, 15) is 4.79 Å². The fourth-order valence-corrected chi connectivity index (χ4v) is 1.34. The van der Waals surface area contributed by atoms with Gasteiger partial charge < -0.3 is 21.1 Å². The maximum absolute atomic E-state index is 11.4. The fraction of sp³-hybridized carbons (Fsp3) is 0.500. The first-order valence-corrected chi connectivity index (χ1v) is 5.79. The summed E-state index contributed by atoms with van der Waals surface area (Å²) in [6.07, 6.45) is 1.72. The fourth-order valence-electron chi connectivity index (χ4n) is 1.18. The lowest BCUT2D eigenvalue weighted by Gasteiger charge is -2.08. The SMILES string of the molecule is COCCNC(=O)CCNc1nc(N)ncc1Cl. The first-order valence-electron chi connectivity index (χ1n) is 5.41. The standard InChI is InChI=1S/C10H16ClN5O2/c1-18-5-4-13-8(17)2-3-14-9-7(11)6-15-10(12)16-9/h6H,2-5H2,1H3,(H,13,17)(H3,12,14,15,16). The number of nitrogens with one attached hydrogen (secondary N) is 2. The number of methoxy groups -OCH3 is 1. The summed E-state index contributed by atoms with van der Waals surface area (Å²) in [5, 5.41) is 5.99. The summed E-state index contributed by atoms with van der Waals surface area (Å²) in [5.74, 6) is 0.484. The van der Waals surface area contributed by atoms with Gasteiger partial charge in [0.25, 0.3) is 0 Å². The molecule has 0 aliphatic heterocycles. The Kier molecular flexibility index (Phi) is 6.16. The highest BCUT2D eigenvalue weighted by molar-refractivity contribution is 6.32. The number of amides is 1. The Labute approximate surface area is 110 Å². The van der Waals surface area contributed by atoms with Gasteiger partial charge in [0.1, 0.15) is 10.8 Å². The van der Waals surface area contributed by atoms with Gasteiger partial charge in [0.15, 0.2) is 0 Å². The van der Waals surface area contributed by atoms with Gasteiger partial charge in [-0.15, -0.1) is 0 Å². The van der Waals surface area contributed by atoms with Crippen molar-refractivity contribution < 1.29 is 9.53 Å². The van der Waals surface area contributed by atoms with Crippen molar-refractivity contribution in [3.05, 3.63) is 11.2 Å². The molecule has 0 atom stereocenters. The molecule has 0 aliphatic carbocycles. The van der Waals surface area contributed by atoms with Crippen LogP contribution in [0.3, 0.4) is 0 Å². The van der Waals surface area contributed by atoms with Gasteiger partial charge in [-0.05, 0) is 0 Å². The molecule has 1 rings (SSSR count). The van der Waals surface area contributed by atoms with Crippen molar-refractivity contribution >= 4 is 29.3 Å². The van der Waals surface area contributed by atoms with Gasteiger partial charge in [0, 0.05) is 26.6 Å². The smallest absolute Gasteiger partial charge is 0.222 e. The lowest BCUT2D eigenvalue weighted by molar-refractivity contribution is -0.121. The Morgan fingerprint density at radius 2 is 2.33 bits per heavy atom. The minimum absolute atomic E-state index is 0.0716. The summed E-state index contributed by atoms with van der Waals surface area (Å²) >= 11 is 5.85. The van der Waals surface area contributed by atoms with E-state index in [-0.39, 0.29) is 11.9 Å². The molecule has 4 N–H and O–H groups in total. The van der Waals surface area contributed by atoms with Gasteiger partial charge in [0.05, 0.1) is 12.8 Å². The molecule has 18 heavy (non-hydrogen) atoms. The molecule has 1 amide bonds. The molecule has 0 spiro atoms. The second-order valence-electron chi connectivity index (χ2n) is 3.44.